The number of piperazine rings is 1. The number of amides is 1. The molecule has 1 amide bonds. The van der Waals surface area contributed by atoms with Crippen LogP contribution in [0.2, 0.25) is 0 Å². The first-order valence-corrected chi connectivity index (χ1v) is 12.9. The van der Waals surface area contributed by atoms with Gasteiger partial charge in [0.1, 0.15) is 34.9 Å². The molecule has 2 aromatic heterocycles. The summed E-state index contributed by atoms with van der Waals surface area (Å²) in [5.41, 5.74) is 1.47. The van der Waals surface area contributed by atoms with Crippen molar-refractivity contribution in [2.24, 2.45) is 0 Å². The molecule has 2 fully saturated rings. The number of alkyl halides is 3. The fourth-order valence-electron chi connectivity index (χ4n) is 4.96. The van der Waals surface area contributed by atoms with Crippen LogP contribution in [0, 0.1) is 0 Å². The van der Waals surface area contributed by atoms with E-state index in [1.54, 1.807) is 15.5 Å². The Morgan fingerprint density at radius 2 is 1.77 bits per heavy atom. The number of fused-ring (bicyclic) bond motifs is 1. The number of nitrogens with zero attached hydrogens (tertiary/aromatic N) is 5. The smallest absolute Gasteiger partial charge is 0.497 e. The van der Waals surface area contributed by atoms with Crippen molar-refractivity contribution in [1.29, 1.82) is 0 Å². The van der Waals surface area contributed by atoms with Crippen LogP contribution < -0.4 is 14.4 Å². The molecular weight excluding hydrogens is 515 g/mol. The van der Waals surface area contributed by atoms with E-state index in [-0.39, 0.29) is 23.6 Å². The molecule has 0 spiro atoms. The van der Waals surface area contributed by atoms with Gasteiger partial charge in [0.05, 0.1) is 18.2 Å². The third-order valence-electron chi connectivity index (χ3n) is 6.77. The molecule has 0 radical (unpaired) electrons. The second-order valence-corrected chi connectivity index (χ2v) is 11.0. The number of hydrogen-bond donors (Lipinski definition) is 0. The van der Waals surface area contributed by atoms with Crippen molar-refractivity contribution in [1.82, 2.24) is 19.4 Å². The van der Waals surface area contributed by atoms with E-state index in [0.29, 0.717) is 36.9 Å². The van der Waals surface area contributed by atoms with Gasteiger partial charge in [-0.3, -0.25) is 0 Å². The van der Waals surface area contributed by atoms with Gasteiger partial charge in [0.25, 0.3) is 0 Å². The summed E-state index contributed by atoms with van der Waals surface area (Å²) in [5.74, 6) is 0.899. The zero-order valence-electron chi connectivity index (χ0n) is 22.6. The summed E-state index contributed by atoms with van der Waals surface area (Å²) in [6.07, 6.45) is 0.223. The minimum Gasteiger partial charge on any atom is -0.497 e. The number of methoxy groups -OCH3 is 1. The van der Waals surface area contributed by atoms with Crippen molar-refractivity contribution < 1.29 is 32.2 Å². The molecule has 2 aliphatic rings. The third-order valence-corrected chi connectivity index (χ3v) is 6.77. The van der Waals surface area contributed by atoms with E-state index >= 15 is 0 Å². The van der Waals surface area contributed by atoms with Crippen molar-refractivity contribution in [2.75, 3.05) is 31.6 Å². The standard InChI is InChI=1S/C27H32F3N5O4/c1-16-13-33(25(36)39-26(2,3)4)8-9-34(16)23-22-21(17-6-7-17)14-35(24(22)32-15-31-23)18-10-19(37-5)12-20(11-18)38-27(28,29)30/h10-12,14-17H,6-9,13H2,1-5H3/t16-/m0/s1. The molecule has 0 unspecified atom stereocenters. The van der Waals surface area contributed by atoms with Gasteiger partial charge in [-0.1, -0.05) is 0 Å². The highest BCUT2D eigenvalue weighted by Gasteiger charge is 2.35. The highest BCUT2D eigenvalue weighted by atomic mass is 19.4. The number of hydrogen-bond acceptors (Lipinski definition) is 7. The zero-order valence-corrected chi connectivity index (χ0v) is 22.6. The Balaban J connectivity index is 1.53. The molecule has 1 saturated carbocycles. The van der Waals surface area contributed by atoms with Gasteiger partial charge in [0.2, 0.25) is 0 Å². The summed E-state index contributed by atoms with van der Waals surface area (Å²) >= 11 is 0. The Labute approximate surface area is 224 Å². The summed E-state index contributed by atoms with van der Waals surface area (Å²) in [4.78, 5) is 25.7. The number of anilines is 1. The molecule has 5 rings (SSSR count). The van der Waals surface area contributed by atoms with Gasteiger partial charge in [0.15, 0.2) is 0 Å². The summed E-state index contributed by atoms with van der Waals surface area (Å²) in [7, 11) is 1.39. The van der Waals surface area contributed by atoms with Gasteiger partial charge in [-0.05, 0) is 52.0 Å². The monoisotopic (exact) mass is 547 g/mol. The highest BCUT2D eigenvalue weighted by molar-refractivity contribution is 5.93. The lowest BCUT2D eigenvalue weighted by Gasteiger charge is -2.41. The number of halogens is 3. The quantitative estimate of drug-likeness (QED) is 0.408. The van der Waals surface area contributed by atoms with Crippen LogP contribution in [0.4, 0.5) is 23.8 Å². The van der Waals surface area contributed by atoms with Crippen molar-refractivity contribution in [3.8, 4) is 17.2 Å². The number of carbonyl (C=O) groups excluding carboxylic acids is 1. The van der Waals surface area contributed by atoms with Crippen LogP contribution in [0.3, 0.4) is 0 Å². The molecule has 1 saturated heterocycles. The van der Waals surface area contributed by atoms with E-state index in [0.717, 1.165) is 29.6 Å². The van der Waals surface area contributed by atoms with Gasteiger partial charge in [-0.15, -0.1) is 13.2 Å². The van der Waals surface area contributed by atoms with E-state index in [1.165, 1.54) is 25.6 Å². The van der Waals surface area contributed by atoms with Crippen LogP contribution in [0.25, 0.3) is 16.7 Å². The Hall–Kier alpha value is -3.70. The number of rotatable bonds is 5. The largest absolute Gasteiger partial charge is 0.573 e. The van der Waals surface area contributed by atoms with Gasteiger partial charge < -0.3 is 28.6 Å². The highest BCUT2D eigenvalue weighted by Crippen LogP contribution is 2.46. The number of aromatic nitrogens is 3. The van der Waals surface area contributed by atoms with Gasteiger partial charge >= 0.3 is 12.5 Å². The normalized spacial score (nSPS) is 18.4. The molecule has 210 valence electrons. The fraction of sp³-hybridized carbons (Fsp3) is 0.519. The predicted molar refractivity (Wildman–Crippen MR) is 139 cm³/mol. The van der Waals surface area contributed by atoms with Crippen molar-refractivity contribution in [2.45, 2.75) is 64.5 Å². The molecular formula is C27H32F3N5O4. The van der Waals surface area contributed by atoms with E-state index in [2.05, 4.69) is 19.6 Å². The average molecular weight is 548 g/mol. The van der Waals surface area contributed by atoms with Gasteiger partial charge in [0, 0.05) is 50.1 Å². The second-order valence-electron chi connectivity index (χ2n) is 11.0. The lowest BCUT2D eigenvalue weighted by atomic mass is 10.1. The molecule has 12 heteroatoms. The number of benzene rings is 1. The van der Waals surface area contributed by atoms with Crippen LogP contribution in [0.5, 0.6) is 11.5 Å². The van der Waals surface area contributed by atoms with Crippen LogP contribution in [0.1, 0.15) is 52.0 Å². The topological polar surface area (TPSA) is 82.0 Å². The maximum Gasteiger partial charge on any atom is 0.573 e. The summed E-state index contributed by atoms with van der Waals surface area (Å²) in [6.45, 7) is 9.03. The van der Waals surface area contributed by atoms with Crippen LogP contribution in [0.15, 0.2) is 30.7 Å². The first-order valence-electron chi connectivity index (χ1n) is 12.9. The minimum absolute atomic E-state index is 0.0524. The zero-order chi connectivity index (χ0) is 28.1. The third kappa shape index (κ3) is 5.84. The maximum atomic E-state index is 13.0. The van der Waals surface area contributed by atoms with Gasteiger partial charge in [-0.2, -0.15) is 0 Å². The van der Waals surface area contributed by atoms with Crippen LogP contribution in [-0.4, -0.2) is 70.3 Å². The second kappa shape index (κ2) is 9.80. The molecule has 1 aliphatic heterocycles. The molecule has 0 N–H and O–H groups in total. The van der Waals surface area contributed by atoms with Crippen LogP contribution >= 0.6 is 0 Å². The molecule has 9 nitrogen and oxygen atoms in total. The number of ether oxygens (including phenoxy) is 3. The number of carbonyl (C=O) groups is 1. The molecule has 3 heterocycles. The Kier molecular flexibility index (Phi) is 6.76. The minimum atomic E-state index is -4.84. The average Bonchev–Trinajstić information content (AvgIpc) is 3.61. The molecule has 39 heavy (non-hydrogen) atoms. The molecule has 1 aliphatic carbocycles. The fourth-order valence-corrected chi connectivity index (χ4v) is 4.96. The summed E-state index contributed by atoms with van der Waals surface area (Å²) < 4.78 is 55.8. The Morgan fingerprint density at radius 3 is 2.38 bits per heavy atom. The summed E-state index contributed by atoms with van der Waals surface area (Å²) in [6, 6.07) is 4.10. The first-order chi connectivity index (χ1) is 18.3. The van der Waals surface area contributed by atoms with Crippen molar-refractivity contribution in [3.63, 3.8) is 0 Å². The lowest BCUT2D eigenvalue weighted by molar-refractivity contribution is -0.274. The summed E-state index contributed by atoms with van der Waals surface area (Å²) in [5, 5.41) is 0.860. The van der Waals surface area contributed by atoms with E-state index in [1.807, 2.05) is 33.9 Å². The van der Waals surface area contributed by atoms with E-state index in [9.17, 15) is 18.0 Å². The van der Waals surface area contributed by atoms with E-state index < -0.39 is 12.0 Å². The lowest BCUT2D eigenvalue weighted by Crippen LogP contribution is -2.54. The SMILES string of the molecule is COc1cc(OC(F)(F)F)cc(-n2cc(C3CC3)c3c(N4CCN(C(=O)OC(C)(C)C)C[C@@H]4C)ncnc32)c1. The predicted octanol–water partition coefficient (Wildman–Crippen LogP) is 5.65. The Bertz CT molecular complexity index is 1380. The van der Waals surface area contributed by atoms with Crippen LogP contribution in [-0.2, 0) is 4.74 Å². The van der Waals surface area contributed by atoms with Crippen molar-refractivity contribution in [3.05, 3.63) is 36.3 Å². The maximum absolute atomic E-state index is 13.0. The van der Waals surface area contributed by atoms with Crippen molar-refractivity contribution >= 4 is 22.9 Å². The van der Waals surface area contributed by atoms with E-state index in [4.69, 9.17) is 9.47 Å². The molecule has 1 aromatic carbocycles. The molecule has 1 atom stereocenters. The van der Waals surface area contributed by atoms with Gasteiger partial charge in [-0.25, -0.2) is 14.8 Å². The first kappa shape index (κ1) is 26.9. The molecule has 0 bridgehead atoms. The molecule has 3 aromatic rings. The Morgan fingerprint density at radius 1 is 1.05 bits per heavy atom.